The van der Waals surface area contributed by atoms with Crippen molar-refractivity contribution in [3.8, 4) is 0 Å². The van der Waals surface area contributed by atoms with E-state index >= 15 is 0 Å². The molecule has 3 aromatic carbocycles. The van der Waals surface area contributed by atoms with Crippen molar-refractivity contribution < 1.29 is 14.4 Å². The van der Waals surface area contributed by atoms with E-state index in [1.807, 2.05) is 66.7 Å². The Balaban J connectivity index is 1.16. The molecule has 2 amide bonds. The maximum absolute atomic E-state index is 13.4. The summed E-state index contributed by atoms with van der Waals surface area (Å²) in [7, 11) is 0. The molecular weight excluding hydrogens is 450 g/mol. The molecule has 7 rings (SSSR count). The molecule has 2 heterocycles. The Bertz CT molecular complexity index is 1420. The summed E-state index contributed by atoms with van der Waals surface area (Å²) in [5, 5.41) is 12.7. The van der Waals surface area contributed by atoms with Gasteiger partial charge < -0.3 is 4.84 Å². The number of benzene rings is 3. The number of hydrazone groups is 1. The molecule has 6 nitrogen and oxygen atoms in total. The van der Waals surface area contributed by atoms with Crippen molar-refractivity contribution >= 4 is 46.1 Å². The SMILES string of the molecule is O=C1[C@@H]2[C@H]3C[C@H]([C@@H]4ON=C(c5ccc(Cl)cc5)[C@H]34)[C@@H]2C(=O)N1/N=C/c1ccc2ccccc2c1. The molecular formula is C27H20ClN3O3. The van der Waals surface area contributed by atoms with E-state index in [9.17, 15) is 9.59 Å². The van der Waals surface area contributed by atoms with Crippen LogP contribution in [0.15, 0.2) is 77.0 Å². The molecule has 6 atom stereocenters. The zero-order valence-corrected chi connectivity index (χ0v) is 18.8. The summed E-state index contributed by atoms with van der Waals surface area (Å²) in [4.78, 5) is 32.5. The van der Waals surface area contributed by atoms with Crippen LogP contribution in [-0.4, -0.2) is 34.9 Å². The summed E-state index contributed by atoms with van der Waals surface area (Å²) < 4.78 is 0. The highest BCUT2D eigenvalue weighted by Crippen LogP contribution is 2.61. The first-order chi connectivity index (χ1) is 16.6. The number of rotatable bonds is 3. The molecule has 2 aliphatic heterocycles. The zero-order chi connectivity index (χ0) is 23.0. The first-order valence-corrected chi connectivity index (χ1v) is 11.9. The average molecular weight is 470 g/mol. The van der Waals surface area contributed by atoms with Gasteiger partial charge in [-0.2, -0.15) is 10.1 Å². The van der Waals surface area contributed by atoms with Crippen molar-refractivity contribution in [2.24, 2.45) is 39.8 Å². The van der Waals surface area contributed by atoms with Gasteiger partial charge in [0.25, 0.3) is 11.8 Å². The molecule has 0 unspecified atom stereocenters. The third kappa shape index (κ3) is 2.75. The van der Waals surface area contributed by atoms with Gasteiger partial charge in [-0.3, -0.25) is 9.59 Å². The van der Waals surface area contributed by atoms with Gasteiger partial charge in [0.2, 0.25) is 0 Å². The third-order valence-electron chi connectivity index (χ3n) is 7.90. The number of nitrogens with zero attached hydrogens (tertiary/aromatic N) is 3. The van der Waals surface area contributed by atoms with Crippen molar-refractivity contribution in [3.63, 3.8) is 0 Å². The lowest BCUT2D eigenvalue weighted by Crippen LogP contribution is -2.41. The fourth-order valence-corrected chi connectivity index (χ4v) is 6.62. The number of oxime groups is 1. The average Bonchev–Trinajstić information content (AvgIpc) is 3.59. The van der Waals surface area contributed by atoms with Gasteiger partial charge in [-0.25, -0.2) is 0 Å². The van der Waals surface area contributed by atoms with Gasteiger partial charge in [0.15, 0.2) is 0 Å². The minimum atomic E-state index is -0.382. The lowest BCUT2D eigenvalue weighted by molar-refractivity contribution is -0.140. The van der Waals surface area contributed by atoms with Crippen LogP contribution in [-0.2, 0) is 14.4 Å². The Hall–Kier alpha value is -3.51. The Labute approximate surface area is 200 Å². The van der Waals surface area contributed by atoms with Gasteiger partial charge in [0.05, 0.1) is 23.8 Å². The number of carbonyl (C=O) groups is 2. The number of carbonyl (C=O) groups excluding carboxylic acids is 2. The van der Waals surface area contributed by atoms with Gasteiger partial charge in [-0.1, -0.05) is 65.3 Å². The molecule has 3 fully saturated rings. The van der Waals surface area contributed by atoms with Crippen LogP contribution < -0.4 is 0 Å². The summed E-state index contributed by atoms with van der Waals surface area (Å²) in [5.41, 5.74) is 2.65. The summed E-state index contributed by atoms with van der Waals surface area (Å²) in [6, 6.07) is 21.5. The van der Waals surface area contributed by atoms with Crippen molar-refractivity contribution in [2.75, 3.05) is 0 Å². The maximum atomic E-state index is 13.4. The van der Waals surface area contributed by atoms with Crippen LogP contribution in [0, 0.1) is 29.6 Å². The Morgan fingerprint density at radius 3 is 2.44 bits per heavy atom. The van der Waals surface area contributed by atoms with E-state index in [0.717, 1.165) is 39.0 Å². The second-order valence-electron chi connectivity index (χ2n) is 9.53. The number of hydrogen-bond donors (Lipinski definition) is 0. The van der Waals surface area contributed by atoms with Gasteiger partial charge >= 0.3 is 0 Å². The molecule has 34 heavy (non-hydrogen) atoms. The van der Waals surface area contributed by atoms with Crippen molar-refractivity contribution in [3.05, 3.63) is 82.9 Å². The summed E-state index contributed by atoms with van der Waals surface area (Å²) in [6.45, 7) is 0. The maximum Gasteiger partial charge on any atom is 0.254 e. The van der Waals surface area contributed by atoms with Crippen LogP contribution in [0.3, 0.4) is 0 Å². The predicted octanol–water partition coefficient (Wildman–Crippen LogP) is 4.50. The van der Waals surface area contributed by atoms with Crippen LogP contribution >= 0.6 is 11.6 Å². The standard InChI is InChI=1S/C27H20ClN3O3/c28-18-9-7-16(8-10-18)24-23-19-12-20(25(23)34-30-24)22-21(19)26(32)31(27(22)33)29-13-14-5-6-15-3-1-2-4-17(15)11-14/h1-11,13,19-23,25H,12H2/b29-13+/t19-,20+,21-,22+,23+,25+/m1/s1. The molecule has 1 saturated heterocycles. The fraction of sp³-hybridized carbons (Fsp3) is 0.259. The molecule has 7 heteroatoms. The highest BCUT2D eigenvalue weighted by molar-refractivity contribution is 6.30. The minimum Gasteiger partial charge on any atom is -0.391 e. The lowest BCUT2D eigenvalue weighted by Gasteiger charge is -2.29. The molecule has 0 N–H and O–H groups in total. The van der Waals surface area contributed by atoms with E-state index in [1.165, 1.54) is 0 Å². The summed E-state index contributed by atoms with van der Waals surface area (Å²) >= 11 is 6.05. The van der Waals surface area contributed by atoms with Crippen molar-refractivity contribution in [2.45, 2.75) is 12.5 Å². The molecule has 168 valence electrons. The predicted molar refractivity (Wildman–Crippen MR) is 128 cm³/mol. The monoisotopic (exact) mass is 469 g/mol. The van der Waals surface area contributed by atoms with Crippen LogP contribution in [0.5, 0.6) is 0 Å². The minimum absolute atomic E-state index is 0.00796. The first kappa shape index (κ1) is 19.9. The third-order valence-corrected chi connectivity index (χ3v) is 8.16. The fourth-order valence-electron chi connectivity index (χ4n) is 6.50. The van der Waals surface area contributed by atoms with Gasteiger partial charge in [-0.05, 0) is 52.4 Å². The summed E-state index contributed by atoms with van der Waals surface area (Å²) in [5.74, 6) is -1.17. The molecule has 0 spiro atoms. The van der Waals surface area contributed by atoms with E-state index in [0.29, 0.717) is 5.02 Å². The highest BCUT2D eigenvalue weighted by Gasteiger charge is 2.70. The lowest BCUT2D eigenvalue weighted by atomic mass is 9.71. The number of hydrogen-bond acceptors (Lipinski definition) is 5. The van der Waals surface area contributed by atoms with Crippen LogP contribution in [0.2, 0.25) is 5.02 Å². The van der Waals surface area contributed by atoms with E-state index in [4.69, 9.17) is 16.4 Å². The molecule has 2 aliphatic carbocycles. The quantitative estimate of drug-likeness (QED) is 0.419. The Morgan fingerprint density at radius 1 is 0.912 bits per heavy atom. The van der Waals surface area contributed by atoms with Crippen LogP contribution in [0.25, 0.3) is 10.8 Å². The molecule has 2 bridgehead atoms. The van der Waals surface area contributed by atoms with Gasteiger partial charge in [0, 0.05) is 16.9 Å². The Morgan fingerprint density at radius 2 is 1.65 bits per heavy atom. The number of amides is 2. The molecule has 0 radical (unpaired) electrons. The largest absolute Gasteiger partial charge is 0.391 e. The van der Waals surface area contributed by atoms with E-state index in [-0.39, 0.29) is 47.5 Å². The Kier molecular flexibility index (Phi) is 4.24. The van der Waals surface area contributed by atoms with Crippen molar-refractivity contribution in [1.29, 1.82) is 0 Å². The van der Waals surface area contributed by atoms with Crippen LogP contribution in [0.4, 0.5) is 0 Å². The van der Waals surface area contributed by atoms with Gasteiger partial charge in [-0.15, -0.1) is 0 Å². The normalized spacial score (nSPS) is 31.3. The highest BCUT2D eigenvalue weighted by atomic mass is 35.5. The van der Waals surface area contributed by atoms with Crippen LogP contribution in [0.1, 0.15) is 17.5 Å². The molecule has 4 aliphatic rings. The molecule has 2 saturated carbocycles. The van der Waals surface area contributed by atoms with Gasteiger partial charge in [0.1, 0.15) is 6.10 Å². The molecule has 3 aromatic rings. The number of imide groups is 1. The van der Waals surface area contributed by atoms with E-state index in [2.05, 4.69) is 10.3 Å². The molecule has 0 aromatic heterocycles. The van der Waals surface area contributed by atoms with E-state index < -0.39 is 0 Å². The first-order valence-electron chi connectivity index (χ1n) is 11.5. The zero-order valence-electron chi connectivity index (χ0n) is 18.0. The smallest absolute Gasteiger partial charge is 0.254 e. The number of halogens is 1. The second-order valence-corrected chi connectivity index (χ2v) is 9.97. The van der Waals surface area contributed by atoms with Crippen molar-refractivity contribution in [1.82, 2.24) is 5.01 Å². The number of fused-ring (bicyclic) bond motifs is 9. The topological polar surface area (TPSA) is 71.3 Å². The second kappa shape index (κ2) is 7.24. The summed E-state index contributed by atoms with van der Waals surface area (Å²) in [6.07, 6.45) is 2.23. The van der Waals surface area contributed by atoms with E-state index in [1.54, 1.807) is 6.21 Å².